The average molecular weight is 310 g/mol. The lowest BCUT2D eigenvalue weighted by molar-refractivity contribution is 0.625. The van der Waals surface area contributed by atoms with Crippen molar-refractivity contribution in [1.29, 1.82) is 0 Å². The molecule has 0 fully saturated rings. The van der Waals surface area contributed by atoms with E-state index in [0.29, 0.717) is 0 Å². The predicted molar refractivity (Wildman–Crippen MR) is 73.6 cm³/mol. The van der Waals surface area contributed by atoms with Crippen LogP contribution in [0.3, 0.4) is 0 Å². The summed E-state index contributed by atoms with van der Waals surface area (Å²) in [5.41, 5.74) is -0.903. The van der Waals surface area contributed by atoms with Gasteiger partial charge in [-0.2, -0.15) is 14.6 Å². The van der Waals surface area contributed by atoms with Gasteiger partial charge in [0.25, 0.3) is 11.1 Å². The van der Waals surface area contributed by atoms with Crippen LogP contribution in [0.2, 0.25) is 5.02 Å². The molecule has 5 nitrogen and oxygen atoms in total. The Bertz CT molecular complexity index is 962. The molecule has 0 aliphatic carbocycles. The minimum Gasteiger partial charge on any atom is -0.266 e. The first-order valence-electron chi connectivity index (χ1n) is 5.41. The number of hydrogen-bond acceptors (Lipinski definition) is 5. The molecule has 20 heavy (non-hydrogen) atoms. The second-order valence-corrected chi connectivity index (χ2v) is 5.26. The fourth-order valence-corrected chi connectivity index (χ4v) is 2.77. The van der Waals surface area contributed by atoms with Crippen LogP contribution < -0.4 is 15.7 Å². The molecule has 0 atom stereocenters. The Morgan fingerprint density at radius 2 is 2.15 bits per heavy atom. The van der Waals surface area contributed by atoms with Gasteiger partial charge in [-0.3, -0.25) is 9.59 Å². The molecule has 8 heteroatoms. The van der Waals surface area contributed by atoms with Gasteiger partial charge in [-0.25, -0.2) is 4.39 Å². The quantitative estimate of drug-likeness (QED) is 0.668. The lowest BCUT2D eigenvalue weighted by Crippen LogP contribution is -2.25. The average Bonchev–Trinajstić information content (AvgIpc) is 2.70. The molecule has 0 aliphatic rings. The van der Waals surface area contributed by atoms with Crippen molar-refractivity contribution in [3.63, 3.8) is 0 Å². The topological polar surface area (TPSA) is 64.3 Å². The number of thiazole rings is 1. The van der Waals surface area contributed by atoms with E-state index in [1.165, 1.54) is 24.3 Å². The highest BCUT2D eigenvalue weighted by molar-refractivity contribution is 7.15. The Hall–Kier alpha value is -2.12. The lowest BCUT2D eigenvalue weighted by Gasteiger charge is -1.97. The SMILES string of the molecule is O=c1cnn2c(=O)/c(=C/c3c(F)cccc3Cl)sc2n1. The molecule has 0 spiro atoms. The number of aromatic nitrogens is 3. The van der Waals surface area contributed by atoms with Crippen molar-refractivity contribution in [3.05, 3.63) is 66.0 Å². The molecule has 3 rings (SSSR count). The first kappa shape index (κ1) is 12.9. The molecular weight excluding hydrogens is 305 g/mol. The van der Waals surface area contributed by atoms with Gasteiger partial charge in [0.1, 0.15) is 12.0 Å². The molecule has 0 N–H and O–H groups in total. The predicted octanol–water partition coefficient (Wildman–Crippen LogP) is 0.851. The molecular formula is C12H5ClFN3O2S. The highest BCUT2D eigenvalue weighted by atomic mass is 35.5. The van der Waals surface area contributed by atoms with E-state index >= 15 is 0 Å². The van der Waals surface area contributed by atoms with E-state index in [9.17, 15) is 14.0 Å². The summed E-state index contributed by atoms with van der Waals surface area (Å²) in [5, 5.41) is 3.87. The van der Waals surface area contributed by atoms with Gasteiger partial charge in [-0.05, 0) is 18.2 Å². The minimum atomic E-state index is -0.540. The molecule has 3 aromatic rings. The van der Waals surface area contributed by atoms with Crippen LogP contribution in [0.1, 0.15) is 5.56 Å². The van der Waals surface area contributed by atoms with Gasteiger partial charge in [0.05, 0.1) is 9.55 Å². The summed E-state index contributed by atoms with van der Waals surface area (Å²) in [5.74, 6) is -0.537. The third kappa shape index (κ3) is 2.10. The summed E-state index contributed by atoms with van der Waals surface area (Å²) in [7, 11) is 0. The molecule has 1 aromatic carbocycles. The van der Waals surface area contributed by atoms with E-state index in [2.05, 4.69) is 10.1 Å². The van der Waals surface area contributed by atoms with Crippen molar-refractivity contribution in [2.24, 2.45) is 0 Å². The smallest absolute Gasteiger partial charge is 0.266 e. The van der Waals surface area contributed by atoms with Gasteiger partial charge in [0.15, 0.2) is 0 Å². The third-order valence-electron chi connectivity index (χ3n) is 2.55. The number of halogens is 2. The van der Waals surface area contributed by atoms with Gasteiger partial charge >= 0.3 is 0 Å². The van der Waals surface area contributed by atoms with E-state index in [4.69, 9.17) is 11.6 Å². The van der Waals surface area contributed by atoms with Crippen molar-refractivity contribution in [2.75, 3.05) is 0 Å². The number of benzene rings is 1. The zero-order chi connectivity index (χ0) is 14.3. The van der Waals surface area contributed by atoms with Crippen LogP contribution in [0, 0.1) is 5.82 Å². The van der Waals surface area contributed by atoms with Crippen molar-refractivity contribution >= 4 is 34.0 Å². The molecule has 2 aromatic heterocycles. The van der Waals surface area contributed by atoms with E-state index in [1.807, 2.05) is 0 Å². The van der Waals surface area contributed by atoms with Crippen molar-refractivity contribution in [1.82, 2.24) is 14.6 Å². The van der Waals surface area contributed by atoms with E-state index < -0.39 is 16.9 Å². The summed E-state index contributed by atoms with van der Waals surface area (Å²) < 4.78 is 14.9. The Labute approximate surface area is 119 Å². The standard InChI is InChI=1S/C12H5ClFN3O2S/c13-7-2-1-3-8(14)6(7)4-9-11(19)17-12(20-9)16-10(18)5-15-17/h1-5H/b9-4-. The largest absolute Gasteiger partial charge is 0.292 e. The molecule has 0 bridgehead atoms. The molecule has 0 unspecified atom stereocenters. The number of nitrogens with zero attached hydrogens (tertiary/aromatic N) is 3. The van der Waals surface area contributed by atoms with Crippen LogP contribution in [0.15, 0.2) is 34.0 Å². The zero-order valence-corrected chi connectivity index (χ0v) is 11.3. The molecule has 0 saturated heterocycles. The number of rotatable bonds is 1. The number of hydrogen-bond donors (Lipinski definition) is 0. The van der Waals surface area contributed by atoms with Crippen LogP contribution in [0.5, 0.6) is 0 Å². The first-order valence-corrected chi connectivity index (χ1v) is 6.60. The summed E-state index contributed by atoms with van der Waals surface area (Å²) in [6.45, 7) is 0. The van der Waals surface area contributed by atoms with Gasteiger partial charge < -0.3 is 0 Å². The Morgan fingerprint density at radius 1 is 1.35 bits per heavy atom. The van der Waals surface area contributed by atoms with Crippen LogP contribution >= 0.6 is 22.9 Å². The van der Waals surface area contributed by atoms with Crippen LogP contribution in [-0.4, -0.2) is 14.6 Å². The molecule has 0 aliphatic heterocycles. The normalized spacial score (nSPS) is 12.2. The van der Waals surface area contributed by atoms with E-state index in [0.717, 1.165) is 22.0 Å². The van der Waals surface area contributed by atoms with Gasteiger partial charge in [0, 0.05) is 5.56 Å². The molecule has 100 valence electrons. The van der Waals surface area contributed by atoms with Crippen LogP contribution in [-0.2, 0) is 0 Å². The summed E-state index contributed by atoms with van der Waals surface area (Å²) in [4.78, 5) is 26.9. The molecule has 0 saturated carbocycles. The summed E-state index contributed by atoms with van der Waals surface area (Å²) in [6, 6.07) is 4.24. The van der Waals surface area contributed by atoms with Crippen molar-refractivity contribution in [2.45, 2.75) is 0 Å². The van der Waals surface area contributed by atoms with Crippen molar-refractivity contribution < 1.29 is 4.39 Å². The van der Waals surface area contributed by atoms with Crippen LogP contribution in [0.25, 0.3) is 11.0 Å². The summed E-state index contributed by atoms with van der Waals surface area (Å²) in [6.07, 6.45) is 2.27. The molecule has 0 amide bonds. The maximum absolute atomic E-state index is 13.7. The van der Waals surface area contributed by atoms with Gasteiger partial charge in [0.2, 0.25) is 4.96 Å². The number of fused-ring (bicyclic) bond motifs is 1. The third-order valence-corrected chi connectivity index (χ3v) is 3.84. The Kier molecular flexibility index (Phi) is 3.07. The highest BCUT2D eigenvalue weighted by Gasteiger charge is 2.08. The van der Waals surface area contributed by atoms with Crippen LogP contribution in [0.4, 0.5) is 4.39 Å². The minimum absolute atomic E-state index is 0.112. The maximum atomic E-state index is 13.7. The fourth-order valence-electron chi connectivity index (χ4n) is 1.65. The fraction of sp³-hybridized carbons (Fsp3) is 0. The Balaban J connectivity index is 2.35. The lowest BCUT2D eigenvalue weighted by atomic mass is 10.2. The van der Waals surface area contributed by atoms with E-state index in [-0.39, 0.29) is 20.1 Å². The summed E-state index contributed by atoms with van der Waals surface area (Å²) >= 11 is 6.85. The maximum Gasteiger partial charge on any atom is 0.292 e. The Morgan fingerprint density at radius 3 is 2.90 bits per heavy atom. The second kappa shape index (κ2) is 4.77. The zero-order valence-electron chi connectivity index (χ0n) is 9.71. The van der Waals surface area contributed by atoms with Gasteiger partial charge in [-0.15, -0.1) is 0 Å². The molecule has 0 radical (unpaired) electrons. The monoisotopic (exact) mass is 309 g/mol. The first-order chi connectivity index (χ1) is 9.56. The second-order valence-electron chi connectivity index (χ2n) is 3.84. The highest BCUT2D eigenvalue weighted by Crippen LogP contribution is 2.19. The van der Waals surface area contributed by atoms with Gasteiger partial charge in [-0.1, -0.05) is 29.0 Å². The molecule has 2 heterocycles. The van der Waals surface area contributed by atoms with E-state index in [1.54, 1.807) is 0 Å². The van der Waals surface area contributed by atoms with Crippen molar-refractivity contribution in [3.8, 4) is 0 Å².